The Labute approximate surface area is 131 Å². The molecule has 22 heavy (non-hydrogen) atoms. The van der Waals surface area contributed by atoms with Crippen molar-refractivity contribution in [2.45, 2.75) is 84.6 Å². The number of carbonyl (C=O) groups excluding carboxylic acids is 1. The van der Waals surface area contributed by atoms with E-state index in [1.54, 1.807) is 13.8 Å². The Kier molecular flexibility index (Phi) is 10.5. The van der Waals surface area contributed by atoms with Crippen molar-refractivity contribution < 1.29 is 27.4 Å². The van der Waals surface area contributed by atoms with E-state index < -0.39 is 30.8 Å². The van der Waals surface area contributed by atoms with Gasteiger partial charge in [-0.25, -0.2) is 0 Å². The van der Waals surface area contributed by atoms with Crippen LogP contribution in [-0.4, -0.2) is 31.0 Å². The Bertz CT molecular complexity index is 306. The monoisotopic (exact) mass is 326 g/mol. The van der Waals surface area contributed by atoms with E-state index >= 15 is 0 Å². The summed E-state index contributed by atoms with van der Waals surface area (Å²) in [5.41, 5.74) is 0. The van der Waals surface area contributed by atoms with Gasteiger partial charge in [0.2, 0.25) is 0 Å². The number of carbonyl (C=O) groups is 1. The van der Waals surface area contributed by atoms with Gasteiger partial charge in [-0.15, -0.1) is 0 Å². The lowest BCUT2D eigenvalue weighted by atomic mass is 10.1. The first-order valence-electron chi connectivity index (χ1n) is 8.11. The summed E-state index contributed by atoms with van der Waals surface area (Å²) in [4.78, 5) is 11.8. The zero-order chi connectivity index (χ0) is 17.2. The van der Waals surface area contributed by atoms with Crippen LogP contribution in [0.1, 0.15) is 66.2 Å². The molecule has 0 radical (unpaired) electrons. The number of rotatable bonds is 11. The average molecular weight is 326 g/mol. The van der Waals surface area contributed by atoms with Crippen molar-refractivity contribution >= 4 is 5.97 Å². The first-order valence-corrected chi connectivity index (χ1v) is 8.11. The Morgan fingerprint density at radius 2 is 1.50 bits per heavy atom. The predicted molar refractivity (Wildman–Crippen MR) is 79.6 cm³/mol. The van der Waals surface area contributed by atoms with Gasteiger partial charge in [0.1, 0.15) is 0 Å². The zero-order valence-corrected chi connectivity index (χ0v) is 14.0. The first-order chi connectivity index (χ1) is 10.2. The molecule has 0 aromatic carbocycles. The van der Waals surface area contributed by atoms with E-state index in [2.05, 4.69) is 0 Å². The molecule has 0 fully saturated rings. The van der Waals surface area contributed by atoms with Crippen LogP contribution in [0.25, 0.3) is 0 Å². The second-order valence-corrected chi connectivity index (χ2v) is 5.77. The maximum atomic E-state index is 13.0. The van der Waals surface area contributed by atoms with Gasteiger partial charge in [-0.05, 0) is 26.7 Å². The highest BCUT2D eigenvalue weighted by Crippen LogP contribution is 2.29. The lowest BCUT2D eigenvalue weighted by molar-refractivity contribution is -0.211. The number of halogens is 3. The number of esters is 1. The van der Waals surface area contributed by atoms with Crippen LogP contribution in [0.4, 0.5) is 13.2 Å². The molecule has 3 unspecified atom stereocenters. The van der Waals surface area contributed by atoms with Crippen molar-refractivity contribution in [2.24, 2.45) is 5.92 Å². The van der Waals surface area contributed by atoms with Crippen LogP contribution < -0.4 is 0 Å². The van der Waals surface area contributed by atoms with E-state index in [4.69, 9.17) is 9.47 Å². The average Bonchev–Trinajstić information content (AvgIpc) is 2.41. The lowest BCUT2D eigenvalue weighted by Crippen LogP contribution is -2.38. The maximum absolute atomic E-state index is 13.0. The van der Waals surface area contributed by atoms with Gasteiger partial charge in [-0.2, -0.15) is 13.2 Å². The fourth-order valence-corrected chi connectivity index (χ4v) is 1.96. The molecule has 132 valence electrons. The molecule has 0 amide bonds. The number of ether oxygens (including phenoxy) is 2. The van der Waals surface area contributed by atoms with Gasteiger partial charge in [-0.3, -0.25) is 4.79 Å². The lowest BCUT2D eigenvalue weighted by Gasteiger charge is -2.23. The molecule has 0 aliphatic heterocycles. The Hall–Kier alpha value is -0.780. The molecule has 0 bridgehead atoms. The third-order valence-corrected chi connectivity index (χ3v) is 3.47. The van der Waals surface area contributed by atoms with Crippen LogP contribution in [0.2, 0.25) is 0 Å². The summed E-state index contributed by atoms with van der Waals surface area (Å²) in [6, 6.07) is 0. The van der Waals surface area contributed by atoms with Gasteiger partial charge in [0.25, 0.3) is 0 Å². The third kappa shape index (κ3) is 9.28. The van der Waals surface area contributed by atoms with Crippen LogP contribution in [0.3, 0.4) is 0 Å². The highest BCUT2D eigenvalue weighted by atomic mass is 19.4. The highest BCUT2D eigenvalue weighted by Gasteiger charge is 2.46. The smallest absolute Gasteiger partial charge is 0.404 e. The van der Waals surface area contributed by atoms with Crippen molar-refractivity contribution in [1.29, 1.82) is 0 Å². The van der Waals surface area contributed by atoms with E-state index in [0.29, 0.717) is 12.8 Å². The molecule has 0 saturated heterocycles. The molecule has 3 atom stereocenters. The fourth-order valence-electron chi connectivity index (χ4n) is 1.96. The summed E-state index contributed by atoms with van der Waals surface area (Å²) in [6.45, 7) is 6.64. The Morgan fingerprint density at radius 3 is 1.95 bits per heavy atom. The second-order valence-electron chi connectivity index (χ2n) is 5.77. The highest BCUT2D eigenvalue weighted by molar-refractivity contribution is 5.73. The minimum atomic E-state index is -4.65. The SMILES string of the molecule is CCCCC(C)OCC(C(=O)OC(C)CCCC)C(F)(F)F. The summed E-state index contributed by atoms with van der Waals surface area (Å²) >= 11 is 0. The number of alkyl halides is 3. The summed E-state index contributed by atoms with van der Waals surface area (Å²) in [5, 5.41) is 0. The number of unbranched alkanes of at least 4 members (excludes halogenated alkanes) is 2. The van der Waals surface area contributed by atoms with E-state index in [-0.39, 0.29) is 6.10 Å². The molecule has 0 heterocycles. The van der Waals surface area contributed by atoms with Gasteiger partial charge in [-0.1, -0.05) is 39.5 Å². The van der Waals surface area contributed by atoms with Crippen LogP contribution in [0.5, 0.6) is 0 Å². The molecule has 0 rings (SSSR count). The molecular weight excluding hydrogens is 297 g/mol. The minimum absolute atomic E-state index is 0.296. The summed E-state index contributed by atoms with van der Waals surface area (Å²) in [6.07, 6.45) is -0.637. The summed E-state index contributed by atoms with van der Waals surface area (Å²) in [7, 11) is 0. The molecule has 3 nitrogen and oxygen atoms in total. The minimum Gasteiger partial charge on any atom is -0.462 e. The zero-order valence-electron chi connectivity index (χ0n) is 14.0. The van der Waals surface area contributed by atoms with E-state index in [9.17, 15) is 18.0 Å². The van der Waals surface area contributed by atoms with Crippen molar-refractivity contribution in [2.75, 3.05) is 6.61 Å². The number of hydrogen-bond donors (Lipinski definition) is 0. The van der Waals surface area contributed by atoms with E-state index in [0.717, 1.165) is 25.7 Å². The molecule has 6 heteroatoms. The van der Waals surface area contributed by atoms with E-state index in [1.165, 1.54) is 0 Å². The summed E-state index contributed by atoms with van der Waals surface area (Å²) in [5.74, 6) is -3.44. The van der Waals surface area contributed by atoms with Crippen LogP contribution in [0, 0.1) is 5.92 Å². The van der Waals surface area contributed by atoms with Gasteiger partial charge in [0.05, 0.1) is 18.8 Å². The third-order valence-electron chi connectivity index (χ3n) is 3.47. The van der Waals surface area contributed by atoms with Gasteiger partial charge < -0.3 is 9.47 Å². The number of hydrogen-bond acceptors (Lipinski definition) is 3. The van der Waals surface area contributed by atoms with Crippen LogP contribution >= 0.6 is 0 Å². The van der Waals surface area contributed by atoms with E-state index in [1.807, 2.05) is 13.8 Å². The molecule has 0 saturated carbocycles. The summed E-state index contributed by atoms with van der Waals surface area (Å²) < 4.78 is 49.1. The molecular formula is C16H29F3O3. The normalized spacial score (nSPS) is 16.1. The molecule has 0 spiro atoms. The maximum Gasteiger partial charge on any atom is 0.404 e. The Balaban J connectivity index is 4.48. The largest absolute Gasteiger partial charge is 0.462 e. The first kappa shape index (κ1) is 21.2. The standard InChI is InChI=1S/C16H29F3O3/c1-5-7-9-12(3)21-11-14(16(17,18)19)15(20)22-13(4)10-8-6-2/h12-14H,5-11H2,1-4H3. The van der Waals surface area contributed by atoms with Gasteiger partial charge >= 0.3 is 12.1 Å². The molecule has 0 N–H and O–H groups in total. The predicted octanol–water partition coefficient (Wildman–Crippen LogP) is 4.88. The fraction of sp³-hybridized carbons (Fsp3) is 0.938. The topological polar surface area (TPSA) is 35.5 Å². The molecule has 0 aliphatic rings. The van der Waals surface area contributed by atoms with Gasteiger partial charge in [0, 0.05) is 0 Å². The van der Waals surface area contributed by atoms with Crippen molar-refractivity contribution in [3.05, 3.63) is 0 Å². The second kappa shape index (κ2) is 10.9. The van der Waals surface area contributed by atoms with Crippen molar-refractivity contribution in [1.82, 2.24) is 0 Å². The molecule has 0 aromatic heterocycles. The molecule has 0 aromatic rings. The quantitative estimate of drug-likeness (QED) is 0.508. The van der Waals surface area contributed by atoms with Crippen LogP contribution in [-0.2, 0) is 14.3 Å². The molecule has 0 aliphatic carbocycles. The van der Waals surface area contributed by atoms with Gasteiger partial charge in [0.15, 0.2) is 5.92 Å². The Morgan fingerprint density at radius 1 is 1.00 bits per heavy atom. The van der Waals surface area contributed by atoms with Crippen LogP contribution in [0.15, 0.2) is 0 Å². The van der Waals surface area contributed by atoms with Crippen molar-refractivity contribution in [3.63, 3.8) is 0 Å². The van der Waals surface area contributed by atoms with Crippen molar-refractivity contribution in [3.8, 4) is 0 Å².